The Hall–Kier alpha value is -2.77. The third-order valence-corrected chi connectivity index (χ3v) is 5.95. The van der Waals surface area contributed by atoms with Crippen molar-refractivity contribution < 1.29 is 19.1 Å². The normalized spacial score (nSPS) is 18.5. The van der Waals surface area contributed by atoms with E-state index in [1.807, 2.05) is 18.2 Å². The number of nitrogens with zero attached hydrogens (tertiary/aromatic N) is 3. The Morgan fingerprint density at radius 3 is 2.65 bits per heavy atom. The molecule has 0 aliphatic carbocycles. The van der Waals surface area contributed by atoms with Crippen LogP contribution in [0.1, 0.15) is 24.1 Å². The van der Waals surface area contributed by atoms with E-state index in [0.717, 1.165) is 5.69 Å². The van der Waals surface area contributed by atoms with E-state index in [4.69, 9.17) is 16.3 Å². The Balaban J connectivity index is 1.84. The van der Waals surface area contributed by atoms with Crippen LogP contribution in [0.5, 0.6) is 0 Å². The first-order valence-corrected chi connectivity index (χ1v) is 10.5. The van der Waals surface area contributed by atoms with Gasteiger partial charge in [0, 0.05) is 56.9 Å². The van der Waals surface area contributed by atoms with E-state index in [9.17, 15) is 14.4 Å². The van der Waals surface area contributed by atoms with Gasteiger partial charge in [0.2, 0.25) is 17.7 Å². The molecule has 0 N–H and O–H groups in total. The summed E-state index contributed by atoms with van der Waals surface area (Å²) in [5.74, 6) is -0.967. The molecule has 0 spiro atoms. The summed E-state index contributed by atoms with van der Waals surface area (Å²) in [7, 11) is 3.20. The zero-order valence-electron chi connectivity index (χ0n) is 17.7. The molecule has 1 fully saturated rings. The smallest absolute Gasteiger partial charge is 0.241 e. The van der Waals surface area contributed by atoms with E-state index in [0.29, 0.717) is 23.6 Å². The molecule has 0 radical (unpaired) electrons. The number of benzene rings is 1. The fourth-order valence-electron chi connectivity index (χ4n) is 3.85. The summed E-state index contributed by atoms with van der Waals surface area (Å²) in [6, 6.07) is 12.5. The first-order chi connectivity index (χ1) is 14.9. The minimum Gasteiger partial charge on any atom is -0.383 e. The SMILES string of the molecule is COCCN1C(=O)CC(CC(=O)N(C)CCc2ccccn2)(c2ccccc2Cl)C1=O. The quantitative estimate of drug-likeness (QED) is 0.556. The highest BCUT2D eigenvalue weighted by Crippen LogP contribution is 2.43. The van der Waals surface area contributed by atoms with Gasteiger partial charge in [-0.1, -0.05) is 35.9 Å². The molecule has 1 aromatic carbocycles. The van der Waals surface area contributed by atoms with Gasteiger partial charge in [-0.3, -0.25) is 24.3 Å². The van der Waals surface area contributed by atoms with Crippen LogP contribution < -0.4 is 0 Å². The van der Waals surface area contributed by atoms with Crippen molar-refractivity contribution in [3.05, 3.63) is 64.9 Å². The van der Waals surface area contributed by atoms with Crippen molar-refractivity contribution in [2.24, 2.45) is 0 Å². The second kappa shape index (κ2) is 10.0. The molecule has 1 aliphatic heterocycles. The van der Waals surface area contributed by atoms with Gasteiger partial charge in [0.15, 0.2) is 0 Å². The lowest BCUT2D eigenvalue weighted by Gasteiger charge is -2.30. The number of halogens is 1. The fourth-order valence-corrected chi connectivity index (χ4v) is 4.17. The number of rotatable bonds is 9. The third kappa shape index (κ3) is 4.94. The number of ether oxygens (including phenoxy) is 1. The van der Waals surface area contributed by atoms with Gasteiger partial charge in [0.05, 0.1) is 18.6 Å². The predicted molar refractivity (Wildman–Crippen MR) is 117 cm³/mol. The first-order valence-electron chi connectivity index (χ1n) is 10.1. The average molecular weight is 444 g/mol. The van der Waals surface area contributed by atoms with E-state index in [-0.39, 0.29) is 37.8 Å². The van der Waals surface area contributed by atoms with E-state index >= 15 is 0 Å². The molecule has 31 heavy (non-hydrogen) atoms. The first kappa shape index (κ1) is 22.9. The molecule has 1 unspecified atom stereocenters. The fraction of sp³-hybridized carbons (Fsp3) is 0.391. The second-order valence-corrected chi connectivity index (χ2v) is 8.05. The van der Waals surface area contributed by atoms with Crippen molar-refractivity contribution in [2.75, 3.05) is 33.9 Å². The van der Waals surface area contributed by atoms with Crippen molar-refractivity contribution >= 4 is 29.3 Å². The van der Waals surface area contributed by atoms with Crippen molar-refractivity contribution in [1.29, 1.82) is 0 Å². The number of likely N-dealkylation sites (tertiary alicyclic amines) is 1. The standard InChI is InChI=1S/C23H26ClN3O4/c1-26(12-10-17-7-5-6-11-25-17)20(28)15-23(18-8-3-4-9-19(18)24)16-21(29)27(22(23)30)13-14-31-2/h3-9,11H,10,12-16H2,1-2H3. The molecule has 1 aromatic heterocycles. The van der Waals surface area contributed by atoms with Crippen LogP contribution in [0.15, 0.2) is 48.7 Å². The van der Waals surface area contributed by atoms with Crippen molar-refractivity contribution in [2.45, 2.75) is 24.7 Å². The summed E-state index contributed by atoms with van der Waals surface area (Å²) in [5.41, 5.74) is 0.0571. The summed E-state index contributed by atoms with van der Waals surface area (Å²) in [4.78, 5) is 46.3. The molecule has 3 amide bonds. The van der Waals surface area contributed by atoms with Crippen LogP contribution in [0.3, 0.4) is 0 Å². The second-order valence-electron chi connectivity index (χ2n) is 7.65. The number of likely N-dealkylation sites (N-methyl/N-ethyl adjacent to an activating group) is 1. The van der Waals surface area contributed by atoms with Crippen LogP contribution in [0.4, 0.5) is 0 Å². The maximum Gasteiger partial charge on any atom is 0.241 e. The minimum absolute atomic E-state index is 0.0981. The molecule has 2 heterocycles. The van der Waals surface area contributed by atoms with E-state index in [2.05, 4.69) is 4.98 Å². The number of aromatic nitrogens is 1. The number of methoxy groups -OCH3 is 1. The Labute approximate surface area is 187 Å². The largest absolute Gasteiger partial charge is 0.383 e. The van der Waals surface area contributed by atoms with Crippen molar-refractivity contribution in [1.82, 2.24) is 14.8 Å². The summed E-state index contributed by atoms with van der Waals surface area (Å²) in [6.45, 7) is 0.821. The summed E-state index contributed by atoms with van der Waals surface area (Å²) in [5, 5.41) is 0.362. The summed E-state index contributed by atoms with van der Waals surface area (Å²) in [6.07, 6.45) is 2.07. The van der Waals surface area contributed by atoms with Crippen LogP contribution in [0.2, 0.25) is 5.02 Å². The zero-order chi connectivity index (χ0) is 22.4. The van der Waals surface area contributed by atoms with Crippen LogP contribution in [0, 0.1) is 0 Å². The third-order valence-electron chi connectivity index (χ3n) is 5.63. The van der Waals surface area contributed by atoms with Crippen molar-refractivity contribution in [3.8, 4) is 0 Å². The zero-order valence-corrected chi connectivity index (χ0v) is 18.5. The molecular weight excluding hydrogens is 418 g/mol. The average Bonchev–Trinajstić information content (AvgIpc) is 3.01. The number of amides is 3. The van der Waals surface area contributed by atoms with Gasteiger partial charge in [-0.25, -0.2) is 0 Å². The molecule has 1 atom stereocenters. The number of pyridine rings is 1. The minimum atomic E-state index is -1.32. The Bertz CT molecular complexity index is 953. The van der Waals surface area contributed by atoms with Gasteiger partial charge in [-0.2, -0.15) is 0 Å². The number of carbonyl (C=O) groups is 3. The van der Waals surface area contributed by atoms with Gasteiger partial charge in [-0.05, 0) is 23.8 Å². The highest BCUT2D eigenvalue weighted by atomic mass is 35.5. The number of carbonyl (C=O) groups excluding carboxylic acids is 3. The monoisotopic (exact) mass is 443 g/mol. The number of imide groups is 1. The molecule has 0 bridgehead atoms. The molecule has 1 saturated heterocycles. The lowest BCUT2D eigenvalue weighted by molar-refractivity contribution is -0.143. The van der Waals surface area contributed by atoms with Gasteiger partial charge in [-0.15, -0.1) is 0 Å². The maximum atomic E-state index is 13.4. The number of hydrogen-bond acceptors (Lipinski definition) is 5. The number of hydrogen-bond donors (Lipinski definition) is 0. The molecule has 0 saturated carbocycles. The lowest BCUT2D eigenvalue weighted by Crippen LogP contribution is -2.44. The maximum absolute atomic E-state index is 13.4. The molecule has 8 heteroatoms. The molecule has 164 valence electrons. The highest BCUT2D eigenvalue weighted by Gasteiger charge is 2.54. The predicted octanol–water partition coefficient (Wildman–Crippen LogP) is 2.47. The topological polar surface area (TPSA) is 79.8 Å². The van der Waals surface area contributed by atoms with Gasteiger partial charge in [0.1, 0.15) is 0 Å². The Kier molecular flexibility index (Phi) is 7.41. The van der Waals surface area contributed by atoms with Crippen molar-refractivity contribution in [3.63, 3.8) is 0 Å². The summed E-state index contributed by atoms with van der Waals surface area (Å²) >= 11 is 6.42. The van der Waals surface area contributed by atoms with Crippen LogP contribution in [0.25, 0.3) is 0 Å². The molecule has 3 rings (SSSR count). The van der Waals surface area contributed by atoms with Gasteiger partial charge >= 0.3 is 0 Å². The molecule has 7 nitrogen and oxygen atoms in total. The Morgan fingerprint density at radius 2 is 1.97 bits per heavy atom. The summed E-state index contributed by atoms with van der Waals surface area (Å²) < 4.78 is 5.04. The van der Waals surface area contributed by atoms with E-state index in [1.54, 1.807) is 42.4 Å². The Morgan fingerprint density at radius 1 is 1.23 bits per heavy atom. The van der Waals surface area contributed by atoms with Gasteiger partial charge in [0.25, 0.3) is 0 Å². The van der Waals surface area contributed by atoms with Crippen LogP contribution in [-0.2, 0) is 31.0 Å². The van der Waals surface area contributed by atoms with E-state index < -0.39 is 11.3 Å². The van der Waals surface area contributed by atoms with E-state index in [1.165, 1.54) is 12.0 Å². The highest BCUT2D eigenvalue weighted by molar-refractivity contribution is 6.32. The molecule has 2 aromatic rings. The molecular formula is C23H26ClN3O4. The molecule has 1 aliphatic rings. The van der Waals surface area contributed by atoms with Crippen LogP contribution >= 0.6 is 11.6 Å². The van der Waals surface area contributed by atoms with Crippen LogP contribution in [-0.4, -0.2) is 66.4 Å². The van der Waals surface area contributed by atoms with Gasteiger partial charge < -0.3 is 9.64 Å². The lowest BCUT2D eigenvalue weighted by atomic mass is 9.75.